The molecule has 0 bridgehead atoms. The molecule has 1 unspecified atom stereocenters. The summed E-state index contributed by atoms with van der Waals surface area (Å²) in [4.78, 5) is 0. The lowest BCUT2D eigenvalue weighted by atomic mass is 10.0. The molecule has 0 aromatic heterocycles. The van der Waals surface area contributed by atoms with Gasteiger partial charge in [-0.05, 0) is 48.4 Å². The van der Waals surface area contributed by atoms with Crippen LogP contribution < -0.4 is 5.32 Å². The molecule has 0 amide bonds. The van der Waals surface area contributed by atoms with Crippen molar-refractivity contribution < 1.29 is 5.11 Å². The molecule has 0 aliphatic rings. The largest absolute Gasteiger partial charge is 0.388 e. The number of benzene rings is 2. The molecule has 18 heavy (non-hydrogen) atoms. The summed E-state index contributed by atoms with van der Waals surface area (Å²) in [5.41, 5.74) is 0.382. The summed E-state index contributed by atoms with van der Waals surface area (Å²) >= 11 is 3.47. The molecule has 96 valence electrons. The summed E-state index contributed by atoms with van der Waals surface area (Å²) in [6.45, 7) is 4.39. The minimum absolute atomic E-state index is 0.561. The Morgan fingerprint density at radius 3 is 2.56 bits per heavy atom. The van der Waals surface area contributed by atoms with E-state index in [4.69, 9.17) is 0 Å². The van der Waals surface area contributed by atoms with Gasteiger partial charge in [-0.3, -0.25) is 0 Å². The maximum Gasteiger partial charge on any atom is 0.0788 e. The zero-order chi connectivity index (χ0) is 13.2. The van der Waals surface area contributed by atoms with Gasteiger partial charge >= 0.3 is 0 Å². The van der Waals surface area contributed by atoms with Crippen molar-refractivity contribution in [3.8, 4) is 0 Å². The van der Waals surface area contributed by atoms with E-state index in [9.17, 15) is 5.11 Å². The molecule has 2 rings (SSSR count). The number of nitrogens with one attached hydrogen (secondary N) is 1. The van der Waals surface area contributed by atoms with Gasteiger partial charge in [-0.15, -0.1) is 0 Å². The Bertz CT molecular complexity index is 551. The third-order valence-corrected chi connectivity index (χ3v) is 3.73. The van der Waals surface area contributed by atoms with Crippen molar-refractivity contribution in [2.75, 3.05) is 11.9 Å². The lowest BCUT2D eigenvalue weighted by Crippen LogP contribution is -2.32. The van der Waals surface area contributed by atoms with Crippen LogP contribution >= 0.6 is 15.9 Å². The van der Waals surface area contributed by atoms with E-state index >= 15 is 0 Å². The molecule has 0 aliphatic carbocycles. The predicted octanol–water partition coefficient (Wildman–Crippen LogP) is 4.18. The summed E-state index contributed by atoms with van der Waals surface area (Å²) in [5.74, 6) is 0. The van der Waals surface area contributed by atoms with Crippen LogP contribution in [0.3, 0.4) is 0 Å². The maximum atomic E-state index is 9.97. The van der Waals surface area contributed by atoms with Crippen LogP contribution in [0.15, 0.2) is 40.9 Å². The highest BCUT2D eigenvalue weighted by molar-refractivity contribution is 9.10. The molecule has 0 heterocycles. The monoisotopic (exact) mass is 307 g/mol. The Morgan fingerprint density at radius 2 is 1.83 bits per heavy atom. The molecule has 2 nitrogen and oxygen atoms in total. The fourth-order valence-electron chi connectivity index (χ4n) is 1.74. The first-order chi connectivity index (χ1) is 8.50. The fourth-order valence-corrected chi connectivity index (χ4v) is 2.12. The van der Waals surface area contributed by atoms with Crippen LogP contribution in [-0.2, 0) is 0 Å². The van der Waals surface area contributed by atoms with E-state index < -0.39 is 5.60 Å². The molecule has 0 aliphatic heterocycles. The molecule has 0 spiro atoms. The number of fused-ring (bicyclic) bond motifs is 1. The van der Waals surface area contributed by atoms with Crippen LogP contribution in [0.25, 0.3) is 10.8 Å². The standard InChI is InChI=1S/C15H18BrNO/c1-3-15(2,18)10-17-14-7-5-11-8-13(16)6-4-12(11)9-14/h4-9,17-18H,3,10H2,1-2H3. The maximum absolute atomic E-state index is 9.97. The minimum atomic E-state index is -0.658. The quantitative estimate of drug-likeness (QED) is 0.888. The van der Waals surface area contributed by atoms with Gasteiger partial charge in [-0.1, -0.05) is 35.0 Å². The number of aliphatic hydroxyl groups is 1. The SMILES string of the molecule is CCC(C)(O)CNc1ccc2cc(Br)ccc2c1. The number of hydrogen-bond acceptors (Lipinski definition) is 2. The average Bonchev–Trinajstić information content (AvgIpc) is 2.36. The second-order valence-corrected chi connectivity index (χ2v) is 5.83. The van der Waals surface area contributed by atoms with Crippen molar-refractivity contribution >= 4 is 32.4 Å². The zero-order valence-electron chi connectivity index (χ0n) is 10.7. The lowest BCUT2D eigenvalue weighted by molar-refractivity contribution is 0.0697. The second-order valence-electron chi connectivity index (χ2n) is 4.91. The first-order valence-corrected chi connectivity index (χ1v) is 6.95. The van der Waals surface area contributed by atoms with E-state index in [1.165, 1.54) is 10.8 Å². The second kappa shape index (κ2) is 5.29. The lowest BCUT2D eigenvalue weighted by Gasteiger charge is -2.22. The van der Waals surface area contributed by atoms with Gasteiger partial charge in [0.25, 0.3) is 0 Å². The highest BCUT2D eigenvalue weighted by Gasteiger charge is 2.16. The Morgan fingerprint density at radius 1 is 1.17 bits per heavy atom. The van der Waals surface area contributed by atoms with Crippen LogP contribution in [0.4, 0.5) is 5.69 Å². The van der Waals surface area contributed by atoms with Gasteiger partial charge in [0, 0.05) is 16.7 Å². The third kappa shape index (κ3) is 3.24. The molecule has 0 radical (unpaired) electrons. The van der Waals surface area contributed by atoms with Crippen LogP contribution in [0, 0.1) is 0 Å². The minimum Gasteiger partial charge on any atom is -0.388 e. The van der Waals surface area contributed by atoms with Crippen molar-refractivity contribution in [2.24, 2.45) is 0 Å². The van der Waals surface area contributed by atoms with Gasteiger partial charge in [0.2, 0.25) is 0 Å². The van der Waals surface area contributed by atoms with Crippen LogP contribution in [0.1, 0.15) is 20.3 Å². The Kier molecular flexibility index (Phi) is 3.93. The topological polar surface area (TPSA) is 32.3 Å². The van der Waals surface area contributed by atoms with Crippen molar-refractivity contribution in [3.63, 3.8) is 0 Å². The fraction of sp³-hybridized carbons (Fsp3) is 0.333. The molecular formula is C15H18BrNO. The molecule has 0 fully saturated rings. The molecule has 0 saturated carbocycles. The number of halogens is 1. The average molecular weight is 308 g/mol. The molecular weight excluding hydrogens is 290 g/mol. The van der Waals surface area contributed by atoms with Crippen LogP contribution in [-0.4, -0.2) is 17.3 Å². The van der Waals surface area contributed by atoms with Gasteiger partial charge in [-0.2, -0.15) is 0 Å². The van der Waals surface area contributed by atoms with E-state index in [-0.39, 0.29) is 0 Å². The molecule has 3 heteroatoms. The highest BCUT2D eigenvalue weighted by Crippen LogP contribution is 2.23. The van der Waals surface area contributed by atoms with E-state index in [0.29, 0.717) is 6.54 Å². The molecule has 1 atom stereocenters. The third-order valence-electron chi connectivity index (χ3n) is 3.24. The number of rotatable bonds is 4. The summed E-state index contributed by atoms with van der Waals surface area (Å²) in [7, 11) is 0. The summed E-state index contributed by atoms with van der Waals surface area (Å²) in [5, 5.41) is 15.6. The molecule has 0 saturated heterocycles. The van der Waals surface area contributed by atoms with Crippen molar-refractivity contribution in [2.45, 2.75) is 25.9 Å². The van der Waals surface area contributed by atoms with Gasteiger partial charge in [-0.25, -0.2) is 0 Å². The van der Waals surface area contributed by atoms with Gasteiger partial charge in [0.1, 0.15) is 0 Å². The molecule has 2 N–H and O–H groups in total. The van der Waals surface area contributed by atoms with Crippen LogP contribution in [0.5, 0.6) is 0 Å². The van der Waals surface area contributed by atoms with E-state index in [0.717, 1.165) is 16.6 Å². The van der Waals surface area contributed by atoms with E-state index in [1.807, 2.05) is 26.0 Å². The summed E-state index contributed by atoms with van der Waals surface area (Å²) in [6, 6.07) is 12.5. The summed E-state index contributed by atoms with van der Waals surface area (Å²) < 4.78 is 1.09. The first kappa shape index (κ1) is 13.4. The molecule has 2 aromatic carbocycles. The Balaban J connectivity index is 2.18. The summed E-state index contributed by atoms with van der Waals surface area (Å²) in [6.07, 6.45) is 0.737. The smallest absolute Gasteiger partial charge is 0.0788 e. The first-order valence-electron chi connectivity index (χ1n) is 6.16. The number of anilines is 1. The predicted molar refractivity (Wildman–Crippen MR) is 81.1 cm³/mol. The van der Waals surface area contributed by atoms with Gasteiger partial charge in [0.15, 0.2) is 0 Å². The van der Waals surface area contributed by atoms with E-state index in [2.05, 4.69) is 45.5 Å². The zero-order valence-corrected chi connectivity index (χ0v) is 12.3. The van der Waals surface area contributed by atoms with Crippen molar-refractivity contribution in [1.82, 2.24) is 0 Å². The Hall–Kier alpha value is -1.06. The normalized spacial score (nSPS) is 14.4. The highest BCUT2D eigenvalue weighted by atomic mass is 79.9. The van der Waals surface area contributed by atoms with Gasteiger partial charge in [0.05, 0.1) is 5.60 Å². The van der Waals surface area contributed by atoms with Crippen molar-refractivity contribution in [3.05, 3.63) is 40.9 Å². The number of hydrogen-bond donors (Lipinski definition) is 2. The van der Waals surface area contributed by atoms with E-state index in [1.54, 1.807) is 0 Å². The Labute approximate surface area is 116 Å². The van der Waals surface area contributed by atoms with Crippen molar-refractivity contribution in [1.29, 1.82) is 0 Å². The van der Waals surface area contributed by atoms with Crippen LogP contribution in [0.2, 0.25) is 0 Å². The molecule has 2 aromatic rings. The van der Waals surface area contributed by atoms with Gasteiger partial charge < -0.3 is 10.4 Å².